The van der Waals surface area contributed by atoms with Crippen LogP contribution in [0.3, 0.4) is 0 Å². The molecule has 21 heavy (non-hydrogen) atoms. The van der Waals surface area contributed by atoms with Crippen molar-refractivity contribution in [1.29, 1.82) is 0 Å². The fourth-order valence-electron chi connectivity index (χ4n) is 3.35. The van der Waals surface area contributed by atoms with Crippen LogP contribution in [0.4, 0.5) is 10.1 Å². The first-order valence-corrected chi connectivity index (χ1v) is 7.42. The molecular weight excluding hydrogens is 263 g/mol. The van der Waals surface area contributed by atoms with Crippen molar-refractivity contribution in [2.24, 2.45) is 5.73 Å². The Hall–Kier alpha value is -1.87. The van der Waals surface area contributed by atoms with Gasteiger partial charge in [-0.1, -0.05) is 35.4 Å². The van der Waals surface area contributed by atoms with E-state index >= 15 is 0 Å². The molecule has 1 aliphatic heterocycles. The molecular formula is C18H21FN2. The lowest BCUT2D eigenvalue weighted by Gasteiger charge is -2.30. The number of nitrogens with two attached hydrogens (primary N) is 1. The SMILES string of the molecule is Cc1cc(C)cc(C(CN)N2CCc3ccc(F)cc32)c1. The summed E-state index contributed by atoms with van der Waals surface area (Å²) in [5.41, 5.74) is 11.9. The summed E-state index contributed by atoms with van der Waals surface area (Å²) in [6.07, 6.45) is 0.955. The van der Waals surface area contributed by atoms with E-state index in [0.29, 0.717) is 6.54 Å². The number of fused-ring (bicyclic) bond motifs is 1. The lowest BCUT2D eigenvalue weighted by atomic mass is 10.00. The summed E-state index contributed by atoms with van der Waals surface area (Å²) in [6.45, 7) is 5.62. The monoisotopic (exact) mass is 284 g/mol. The topological polar surface area (TPSA) is 29.3 Å². The second kappa shape index (κ2) is 5.49. The molecule has 110 valence electrons. The van der Waals surface area contributed by atoms with Crippen molar-refractivity contribution in [1.82, 2.24) is 0 Å². The Morgan fingerprint density at radius 2 is 1.86 bits per heavy atom. The largest absolute Gasteiger partial charge is 0.363 e. The number of nitrogens with zero attached hydrogens (tertiary/aromatic N) is 1. The number of benzene rings is 2. The zero-order chi connectivity index (χ0) is 15.0. The third-order valence-electron chi connectivity index (χ3n) is 4.21. The van der Waals surface area contributed by atoms with Crippen molar-refractivity contribution in [3.8, 4) is 0 Å². The zero-order valence-electron chi connectivity index (χ0n) is 12.6. The molecule has 2 aromatic rings. The van der Waals surface area contributed by atoms with Gasteiger partial charge in [-0.3, -0.25) is 0 Å². The standard InChI is InChI=1S/C18H21FN2/c1-12-7-13(2)9-15(8-12)18(11-20)21-6-5-14-3-4-16(19)10-17(14)21/h3-4,7-10,18H,5-6,11,20H2,1-2H3. The van der Waals surface area contributed by atoms with E-state index in [9.17, 15) is 4.39 Å². The quantitative estimate of drug-likeness (QED) is 0.934. The molecule has 0 radical (unpaired) electrons. The molecule has 1 atom stereocenters. The molecule has 1 unspecified atom stereocenters. The van der Waals surface area contributed by atoms with E-state index in [2.05, 4.69) is 36.9 Å². The zero-order valence-corrected chi connectivity index (χ0v) is 12.6. The van der Waals surface area contributed by atoms with Gasteiger partial charge in [0.1, 0.15) is 5.82 Å². The van der Waals surface area contributed by atoms with Crippen LogP contribution in [0.5, 0.6) is 0 Å². The van der Waals surface area contributed by atoms with Gasteiger partial charge in [-0.2, -0.15) is 0 Å². The van der Waals surface area contributed by atoms with E-state index in [1.807, 2.05) is 6.07 Å². The van der Waals surface area contributed by atoms with Gasteiger partial charge in [0, 0.05) is 18.8 Å². The van der Waals surface area contributed by atoms with Gasteiger partial charge in [0.05, 0.1) is 6.04 Å². The maximum atomic E-state index is 13.6. The van der Waals surface area contributed by atoms with Crippen LogP contribution in [0.2, 0.25) is 0 Å². The molecule has 2 nitrogen and oxygen atoms in total. The molecule has 0 saturated heterocycles. The van der Waals surface area contributed by atoms with Crippen LogP contribution in [-0.2, 0) is 6.42 Å². The van der Waals surface area contributed by atoms with Gasteiger partial charge in [0.2, 0.25) is 0 Å². The Kier molecular flexibility index (Phi) is 3.68. The van der Waals surface area contributed by atoms with Gasteiger partial charge in [-0.25, -0.2) is 4.39 Å². The Balaban J connectivity index is 2.01. The summed E-state index contributed by atoms with van der Waals surface area (Å²) in [6, 6.07) is 11.7. The van der Waals surface area contributed by atoms with E-state index < -0.39 is 0 Å². The summed E-state index contributed by atoms with van der Waals surface area (Å²) < 4.78 is 13.6. The molecule has 1 heterocycles. The molecule has 0 aromatic heterocycles. The summed E-state index contributed by atoms with van der Waals surface area (Å²) in [5, 5.41) is 0. The minimum atomic E-state index is -0.183. The molecule has 0 spiro atoms. The second-order valence-electron chi connectivity index (χ2n) is 5.89. The van der Waals surface area contributed by atoms with E-state index in [-0.39, 0.29) is 11.9 Å². The van der Waals surface area contributed by atoms with Crippen molar-refractivity contribution in [2.75, 3.05) is 18.0 Å². The van der Waals surface area contributed by atoms with Gasteiger partial charge >= 0.3 is 0 Å². The van der Waals surface area contributed by atoms with E-state index in [4.69, 9.17) is 5.73 Å². The van der Waals surface area contributed by atoms with Gasteiger partial charge < -0.3 is 10.6 Å². The van der Waals surface area contributed by atoms with Crippen LogP contribution < -0.4 is 10.6 Å². The molecule has 0 aliphatic carbocycles. The van der Waals surface area contributed by atoms with Crippen molar-refractivity contribution in [3.05, 3.63) is 64.5 Å². The molecule has 0 amide bonds. The lowest BCUT2D eigenvalue weighted by Crippen LogP contribution is -2.32. The van der Waals surface area contributed by atoms with Crippen molar-refractivity contribution >= 4 is 5.69 Å². The molecule has 0 fully saturated rings. The average molecular weight is 284 g/mol. The third kappa shape index (κ3) is 2.66. The van der Waals surface area contributed by atoms with Crippen molar-refractivity contribution in [2.45, 2.75) is 26.3 Å². The normalized spacial score (nSPS) is 15.1. The van der Waals surface area contributed by atoms with E-state index in [1.54, 1.807) is 6.07 Å². The summed E-state index contributed by atoms with van der Waals surface area (Å²) >= 11 is 0. The number of aryl methyl sites for hydroxylation is 2. The Bertz CT molecular complexity index is 646. The van der Waals surface area contributed by atoms with Crippen molar-refractivity contribution < 1.29 is 4.39 Å². The third-order valence-corrected chi connectivity index (χ3v) is 4.21. The van der Waals surface area contributed by atoms with Gasteiger partial charge in [-0.05, 0) is 43.5 Å². The lowest BCUT2D eigenvalue weighted by molar-refractivity contribution is 0.621. The van der Waals surface area contributed by atoms with Crippen LogP contribution in [0.1, 0.15) is 28.3 Å². The minimum Gasteiger partial charge on any atom is -0.363 e. The van der Waals surface area contributed by atoms with E-state index in [0.717, 1.165) is 18.7 Å². The smallest absolute Gasteiger partial charge is 0.125 e. The first-order valence-electron chi connectivity index (χ1n) is 7.42. The van der Waals surface area contributed by atoms with Gasteiger partial charge in [-0.15, -0.1) is 0 Å². The highest BCUT2D eigenvalue weighted by Crippen LogP contribution is 2.35. The fourth-order valence-corrected chi connectivity index (χ4v) is 3.35. The predicted octanol–water partition coefficient (Wildman–Crippen LogP) is 3.51. The molecule has 2 N–H and O–H groups in total. The summed E-state index contributed by atoms with van der Waals surface area (Å²) in [5.74, 6) is -0.183. The van der Waals surface area contributed by atoms with Crippen LogP contribution in [0.25, 0.3) is 0 Å². The average Bonchev–Trinajstić information content (AvgIpc) is 2.82. The first kappa shape index (κ1) is 14.1. The van der Waals surface area contributed by atoms with Crippen LogP contribution in [0, 0.1) is 19.7 Å². The summed E-state index contributed by atoms with van der Waals surface area (Å²) in [4.78, 5) is 2.24. The molecule has 1 aliphatic rings. The van der Waals surface area contributed by atoms with Crippen LogP contribution in [-0.4, -0.2) is 13.1 Å². The number of halogens is 1. The predicted molar refractivity (Wildman–Crippen MR) is 85.2 cm³/mol. The van der Waals surface area contributed by atoms with Crippen LogP contribution in [0.15, 0.2) is 36.4 Å². The number of hydrogen-bond donors (Lipinski definition) is 1. The number of hydrogen-bond acceptors (Lipinski definition) is 2. The van der Waals surface area contributed by atoms with E-state index in [1.165, 1.54) is 28.3 Å². The first-order chi connectivity index (χ1) is 10.1. The highest BCUT2D eigenvalue weighted by molar-refractivity contribution is 5.60. The maximum Gasteiger partial charge on any atom is 0.125 e. The van der Waals surface area contributed by atoms with Gasteiger partial charge in [0.15, 0.2) is 0 Å². The molecule has 0 saturated carbocycles. The fraction of sp³-hybridized carbons (Fsp3) is 0.333. The molecule has 0 bridgehead atoms. The Morgan fingerprint density at radius 1 is 1.14 bits per heavy atom. The van der Waals surface area contributed by atoms with Crippen LogP contribution >= 0.6 is 0 Å². The number of rotatable bonds is 3. The highest BCUT2D eigenvalue weighted by atomic mass is 19.1. The second-order valence-corrected chi connectivity index (χ2v) is 5.89. The summed E-state index contributed by atoms with van der Waals surface area (Å²) in [7, 11) is 0. The molecule has 3 heteroatoms. The Morgan fingerprint density at radius 3 is 2.52 bits per heavy atom. The minimum absolute atomic E-state index is 0.103. The molecule has 2 aromatic carbocycles. The maximum absolute atomic E-state index is 13.6. The number of anilines is 1. The highest BCUT2D eigenvalue weighted by Gasteiger charge is 2.27. The van der Waals surface area contributed by atoms with Gasteiger partial charge in [0.25, 0.3) is 0 Å². The Labute approximate surface area is 125 Å². The molecule has 3 rings (SSSR count). The van der Waals surface area contributed by atoms with Crippen molar-refractivity contribution in [3.63, 3.8) is 0 Å².